The Morgan fingerprint density at radius 2 is 1.95 bits per heavy atom. The van der Waals surface area contributed by atoms with Crippen molar-refractivity contribution < 1.29 is 13.5 Å². The zero-order valence-corrected chi connectivity index (χ0v) is 12.8. The number of nitrogen functional groups attached to an aromatic ring is 1. The Balaban J connectivity index is 3.33. The van der Waals surface area contributed by atoms with Crippen molar-refractivity contribution in [1.29, 1.82) is 0 Å². The van der Waals surface area contributed by atoms with E-state index in [9.17, 15) is 8.42 Å². The lowest BCUT2D eigenvalue weighted by Gasteiger charge is -2.22. The fourth-order valence-electron chi connectivity index (χ4n) is 1.69. The lowest BCUT2D eigenvalue weighted by Crippen LogP contribution is -2.34. The standard InChI is InChI=1S/C11H16Cl2N2O3S/c1-2-3-15(4-5-16)19(17,18)11-9(13)6-8(12)7-10(11)14/h6-7,16H,2-5,14H2,1H3. The summed E-state index contributed by atoms with van der Waals surface area (Å²) in [4.78, 5) is -0.166. The van der Waals surface area contributed by atoms with E-state index in [1.807, 2.05) is 6.92 Å². The van der Waals surface area contributed by atoms with Crippen LogP contribution in [0.3, 0.4) is 0 Å². The van der Waals surface area contributed by atoms with Crippen molar-refractivity contribution in [1.82, 2.24) is 4.31 Å². The van der Waals surface area contributed by atoms with Gasteiger partial charge in [0.1, 0.15) is 4.90 Å². The summed E-state index contributed by atoms with van der Waals surface area (Å²) in [5.74, 6) is 0. The maximum Gasteiger partial charge on any atom is 0.246 e. The molecule has 0 aliphatic heterocycles. The van der Waals surface area contributed by atoms with Crippen molar-refractivity contribution in [2.75, 3.05) is 25.4 Å². The number of nitrogens with two attached hydrogens (primary N) is 1. The predicted octanol–water partition coefficient (Wildman–Crippen LogP) is 1.97. The van der Waals surface area contributed by atoms with Gasteiger partial charge < -0.3 is 10.8 Å². The Kier molecular flexibility index (Phi) is 5.88. The first-order chi connectivity index (χ1) is 8.84. The van der Waals surface area contributed by atoms with Crippen LogP contribution in [0.5, 0.6) is 0 Å². The first kappa shape index (κ1) is 16.5. The molecule has 0 spiro atoms. The molecule has 0 aromatic heterocycles. The average molecular weight is 327 g/mol. The predicted molar refractivity (Wildman–Crippen MR) is 77.0 cm³/mol. The fraction of sp³-hybridized carbons (Fsp3) is 0.455. The van der Waals surface area contributed by atoms with Crippen LogP contribution in [0.2, 0.25) is 10.0 Å². The molecule has 1 rings (SSSR count). The van der Waals surface area contributed by atoms with Gasteiger partial charge in [-0.05, 0) is 18.6 Å². The third-order valence-corrected chi connectivity index (χ3v) is 5.10. The second kappa shape index (κ2) is 6.76. The summed E-state index contributed by atoms with van der Waals surface area (Å²) in [6.45, 7) is 1.84. The van der Waals surface area contributed by atoms with Crippen LogP contribution in [-0.2, 0) is 10.0 Å². The SMILES string of the molecule is CCCN(CCO)S(=O)(=O)c1c(N)cc(Cl)cc1Cl. The van der Waals surface area contributed by atoms with Gasteiger partial charge in [-0.25, -0.2) is 8.42 Å². The molecule has 0 bridgehead atoms. The summed E-state index contributed by atoms with van der Waals surface area (Å²) < 4.78 is 26.1. The van der Waals surface area contributed by atoms with Crippen LogP contribution in [-0.4, -0.2) is 37.5 Å². The van der Waals surface area contributed by atoms with Gasteiger partial charge in [0.25, 0.3) is 0 Å². The summed E-state index contributed by atoms with van der Waals surface area (Å²) in [6, 6.07) is 2.67. The van der Waals surface area contributed by atoms with Crippen molar-refractivity contribution in [2.45, 2.75) is 18.2 Å². The van der Waals surface area contributed by atoms with E-state index in [2.05, 4.69) is 0 Å². The van der Waals surface area contributed by atoms with E-state index >= 15 is 0 Å². The fourth-order valence-corrected chi connectivity index (χ4v) is 4.16. The number of anilines is 1. The normalized spacial score (nSPS) is 12.1. The molecule has 5 nitrogen and oxygen atoms in total. The minimum absolute atomic E-state index is 0.00320. The Bertz CT molecular complexity index is 520. The highest BCUT2D eigenvalue weighted by Gasteiger charge is 2.28. The monoisotopic (exact) mass is 326 g/mol. The molecule has 0 aliphatic rings. The molecule has 0 saturated carbocycles. The van der Waals surface area contributed by atoms with Crippen molar-refractivity contribution >= 4 is 38.9 Å². The van der Waals surface area contributed by atoms with Crippen LogP contribution in [0.4, 0.5) is 5.69 Å². The van der Waals surface area contributed by atoms with E-state index in [1.165, 1.54) is 12.1 Å². The average Bonchev–Trinajstić information content (AvgIpc) is 2.26. The van der Waals surface area contributed by atoms with Crippen LogP contribution in [0.1, 0.15) is 13.3 Å². The van der Waals surface area contributed by atoms with Crippen LogP contribution in [0, 0.1) is 0 Å². The van der Waals surface area contributed by atoms with Crippen molar-refractivity contribution in [2.24, 2.45) is 0 Å². The van der Waals surface area contributed by atoms with Crippen molar-refractivity contribution in [3.05, 3.63) is 22.2 Å². The molecule has 0 amide bonds. The molecule has 0 atom stereocenters. The van der Waals surface area contributed by atoms with E-state index in [0.29, 0.717) is 6.42 Å². The zero-order chi connectivity index (χ0) is 14.6. The lowest BCUT2D eigenvalue weighted by atomic mass is 10.3. The zero-order valence-electron chi connectivity index (χ0n) is 10.4. The third kappa shape index (κ3) is 3.73. The number of hydrogen-bond donors (Lipinski definition) is 2. The number of nitrogens with zero attached hydrogens (tertiary/aromatic N) is 1. The minimum atomic E-state index is -3.85. The van der Waals surface area contributed by atoms with Gasteiger partial charge in [-0.1, -0.05) is 30.1 Å². The molecular weight excluding hydrogens is 311 g/mol. The highest BCUT2D eigenvalue weighted by molar-refractivity contribution is 7.89. The number of aliphatic hydroxyl groups is 1. The van der Waals surface area contributed by atoms with Crippen molar-refractivity contribution in [3.63, 3.8) is 0 Å². The lowest BCUT2D eigenvalue weighted by molar-refractivity contribution is 0.253. The van der Waals surface area contributed by atoms with E-state index in [-0.39, 0.29) is 40.3 Å². The molecule has 1 aromatic carbocycles. The summed E-state index contributed by atoms with van der Waals surface area (Å²) in [6.07, 6.45) is 0.615. The molecule has 1 aromatic rings. The number of halogens is 2. The first-order valence-corrected chi connectivity index (χ1v) is 7.89. The van der Waals surface area contributed by atoms with Gasteiger partial charge in [-0.15, -0.1) is 0 Å². The van der Waals surface area contributed by atoms with E-state index in [1.54, 1.807) is 0 Å². The Hall–Kier alpha value is -0.530. The smallest absolute Gasteiger partial charge is 0.246 e. The minimum Gasteiger partial charge on any atom is -0.398 e. The quantitative estimate of drug-likeness (QED) is 0.783. The van der Waals surface area contributed by atoms with E-state index < -0.39 is 10.0 Å². The largest absolute Gasteiger partial charge is 0.398 e. The summed E-state index contributed by atoms with van der Waals surface area (Å²) in [5.41, 5.74) is 5.70. The Labute approximate surface area is 123 Å². The highest BCUT2D eigenvalue weighted by Crippen LogP contribution is 2.33. The molecule has 0 fully saturated rings. The Morgan fingerprint density at radius 3 is 2.42 bits per heavy atom. The maximum absolute atomic E-state index is 12.5. The number of benzene rings is 1. The second-order valence-electron chi connectivity index (χ2n) is 3.93. The Morgan fingerprint density at radius 1 is 1.32 bits per heavy atom. The molecule has 3 N–H and O–H groups in total. The first-order valence-electron chi connectivity index (χ1n) is 5.70. The van der Waals surface area contributed by atoms with Gasteiger partial charge in [0.15, 0.2) is 0 Å². The van der Waals surface area contributed by atoms with Crippen LogP contribution in [0.15, 0.2) is 17.0 Å². The molecule has 0 unspecified atom stereocenters. The molecule has 0 aliphatic carbocycles. The van der Waals surface area contributed by atoms with Gasteiger partial charge in [-0.3, -0.25) is 0 Å². The van der Waals surface area contributed by atoms with Gasteiger partial charge >= 0.3 is 0 Å². The second-order valence-corrected chi connectivity index (χ2v) is 6.65. The van der Waals surface area contributed by atoms with Crippen LogP contribution < -0.4 is 5.73 Å². The molecule has 19 heavy (non-hydrogen) atoms. The maximum atomic E-state index is 12.5. The summed E-state index contributed by atoms with van der Waals surface area (Å²) >= 11 is 11.7. The van der Waals surface area contributed by atoms with Crippen LogP contribution in [0.25, 0.3) is 0 Å². The van der Waals surface area contributed by atoms with Gasteiger partial charge in [0.05, 0.1) is 17.3 Å². The summed E-state index contributed by atoms with van der Waals surface area (Å²) in [7, 11) is -3.85. The number of aliphatic hydroxyl groups excluding tert-OH is 1. The molecular formula is C11H16Cl2N2O3S. The summed E-state index contributed by atoms with van der Waals surface area (Å²) in [5, 5.41) is 9.21. The number of rotatable bonds is 6. The molecule has 0 saturated heterocycles. The van der Waals surface area contributed by atoms with E-state index in [4.69, 9.17) is 34.0 Å². The van der Waals surface area contributed by atoms with Crippen LogP contribution >= 0.6 is 23.2 Å². The number of sulfonamides is 1. The highest BCUT2D eigenvalue weighted by atomic mass is 35.5. The van der Waals surface area contributed by atoms with Gasteiger partial charge in [0, 0.05) is 18.1 Å². The topological polar surface area (TPSA) is 83.6 Å². The van der Waals surface area contributed by atoms with Crippen molar-refractivity contribution in [3.8, 4) is 0 Å². The molecule has 0 heterocycles. The van der Waals surface area contributed by atoms with E-state index in [0.717, 1.165) is 4.31 Å². The van der Waals surface area contributed by atoms with Gasteiger partial charge in [-0.2, -0.15) is 4.31 Å². The molecule has 108 valence electrons. The third-order valence-electron chi connectivity index (χ3n) is 2.46. The van der Waals surface area contributed by atoms with Gasteiger partial charge in [0.2, 0.25) is 10.0 Å². The number of hydrogen-bond acceptors (Lipinski definition) is 4. The molecule has 0 radical (unpaired) electrons. The molecule has 8 heteroatoms.